The average Bonchev–Trinajstić information content (AvgIpc) is 2.97. The molecule has 1 saturated carbocycles. The Labute approximate surface area is 164 Å². The summed E-state index contributed by atoms with van der Waals surface area (Å²) in [6.07, 6.45) is 5.66. The lowest BCUT2D eigenvalue weighted by Gasteiger charge is -2.38. The molecule has 0 spiro atoms. The monoisotopic (exact) mass is 376 g/mol. The van der Waals surface area contributed by atoms with E-state index in [9.17, 15) is 14.4 Å². The fraction of sp³-hybridized carbons (Fsp3) is 0.348. The van der Waals surface area contributed by atoms with Crippen LogP contribution in [-0.4, -0.2) is 36.2 Å². The number of fused-ring (bicyclic) bond motifs is 1. The summed E-state index contributed by atoms with van der Waals surface area (Å²) >= 11 is 0. The fourth-order valence-electron chi connectivity index (χ4n) is 4.44. The van der Waals surface area contributed by atoms with Crippen molar-refractivity contribution in [2.45, 2.75) is 37.5 Å². The molecule has 1 fully saturated rings. The van der Waals surface area contributed by atoms with Crippen molar-refractivity contribution < 1.29 is 14.4 Å². The van der Waals surface area contributed by atoms with Gasteiger partial charge in [-0.3, -0.25) is 19.3 Å². The number of carbonyl (C=O) groups excluding carboxylic acids is 3. The molecule has 1 aliphatic carbocycles. The topological polar surface area (TPSA) is 66.5 Å². The highest BCUT2D eigenvalue weighted by atomic mass is 16.2. The Morgan fingerprint density at radius 2 is 1.64 bits per heavy atom. The number of hydrogen-bond acceptors (Lipinski definition) is 3. The number of nitrogens with one attached hydrogen (secondary N) is 1. The predicted octanol–water partition coefficient (Wildman–Crippen LogP) is 3.54. The zero-order valence-corrected chi connectivity index (χ0v) is 16.0. The van der Waals surface area contributed by atoms with Gasteiger partial charge in [0, 0.05) is 24.6 Å². The van der Waals surface area contributed by atoms with E-state index in [-0.39, 0.29) is 23.1 Å². The van der Waals surface area contributed by atoms with E-state index in [0.717, 1.165) is 30.6 Å². The Hall–Kier alpha value is -2.95. The van der Waals surface area contributed by atoms with Gasteiger partial charge in [0.15, 0.2) is 0 Å². The van der Waals surface area contributed by atoms with Crippen molar-refractivity contribution in [3.05, 3.63) is 70.8 Å². The van der Waals surface area contributed by atoms with Gasteiger partial charge in [0.1, 0.15) is 0 Å². The van der Waals surface area contributed by atoms with E-state index in [1.165, 1.54) is 25.1 Å². The van der Waals surface area contributed by atoms with Crippen LogP contribution in [0.2, 0.25) is 0 Å². The molecule has 2 aromatic rings. The Kier molecular flexibility index (Phi) is 4.75. The Bertz CT molecular complexity index is 930. The van der Waals surface area contributed by atoms with Crippen molar-refractivity contribution in [2.24, 2.45) is 0 Å². The van der Waals surface area contributed by atoms with Crippen LogP contribution >= 0.6 is 0 Å². The second kappa shape index (κ2) is 7.23. The van der Waals surface area contributed by atoms with Crippen LogP contribution in [0.15, 0.2) is 48.5 Å². The van der Waals surface area contributed by atoms with Crippen molar-refractivity contribution in [3.8, 4) is 0 Å². The van der Waals surface area contributed by atoms with Gasteiger partial charge in [0.2, 0.25) is 0 Å². The minimum atomic E-state index is -0.359. The van der Waals surface area contributed by atoms with Crippen LogP contribution in [0, 0.1) is 0 Å². The lowest BCUT2D eigenvalue weighted by atomic mass is 9.69. The maximum absolute atomic E-state index is 12.8. The SMILES string of the molecule is CN1C(=O)c2ccc(C(=O)NCC3(c4ccccc4)CCCCC3)cc2C1=O. The number of hydrogen-bond donors (Lipinski definition) is 1. The first-order valence-electron chi connectivity index (χ1n) is 9.82. The first-order valence-corrected chi connectivity index (χ1v) is 9.82. The average molecular weight is 376 g/mol. The quantitative estimate of drug-likeness (QED) is 0.830. The van der Waals surface area contributed by atoms with E-state index < -0.39 is 0 Å². The smallest absolute Gasteiger partial charge is 0.261 e. The largest absolute Gasteiger partial charge is 0.351 e. The van der Waals surface area contributed by atoms with Crippen LogP contribution in [0.1, 0.15) is 68.7 Å². The van der Waals surface area contributed by atoms with Gasteiger partial charge in [-0.1, -0.05) is 49.6 Å². The van der Waals surface area contributed by atoms with Gasteiger partial charge in [0.25, 0.3) is 17.7 Å². The number of imide groups is 1. The van der Waals surface area contributed by atoms with Crippen molar-refractivity contribution >= 4 is 17.7 Å². The summed E-state index contributed by atoms with van der Waals surface area (Å²) in [7, 11) is 1.46. The van der Waals surface area contributed by atoms with Gasteiger partial charge in [-0.15, -0.1) is 0 Å². The summed E-state index contributed by atoms with van der Waals surface area (Å²) in [5, 5.41) is 3.09. The number of rotatable bonds is 4. The van der Waals surface area contributed by atoms with Crippen molar-refractivity contribution in [2.75, 3.05) is 13.6 Å². The van der Waals surface area contributed by atoms with Gasteiger partial charge < -0.3 is 5.32 Å². The lowest BCUT2D eigenvalue weighted by Crippen LogP contribution is -2.42. The minimum Gasteiger partial charge on any atom is -0.351 e. The van der Waals surface area contributed by atoms with Crippen LogP contribution < -0.4 is 5.32 Å². The molecule has 28 heavy (non-hydrogen) atoms. The lowest BCUT2D eigenvalue weighted by molar-refractivity contribution is 0.0693. The van der Waals surface area contributed by atoms with Crippen molar-refractivity contribution in [3.63, 3.8) is 0 Å². The molecule has 0 radical (unpaired) electrons. The molecule has 1 aliphatic heterocycles. The normalized spacial score (nSPS) is 18.1. The summed E-state index contributed by atoms with van der Waals surface area (Å²) in [4.78, 5) is 38.1. The third kappa shape index (κ3) is 3.11. The van der Waals surface area contributed by atoms with E-state index in [2.05, 4.69) is 17.4 Å². The minimum absolute atomic E-state index is 0.0437. The highest BCUT2D eigenvalue weighted by molar-refractivity contribution is 6.21. The van der Waals surface area contributed by atoms with Gasteiger partial charge in [-0.25, -0.2) is 0 Å². The van der Waals surface area contributed by atoms with Crippen LogP contribution in [0.5, 0.6) is 0 Å². The molecule has 2 aliphatic rings. The van der Waals surface area contributed by atoms with E-state index in [4.69, 9.17) is 0 Å². The van der Waals surface area contributed by atoms with Gasteiger partial charge in [0.05, 0.1) is 11.1 Å². The number of benzene rings is 2. The maximum Gasteiger partial charge on any atom is 0.261 e. The highest BCUT2D eigenvalue weighted by Gasteiger charge is 2.35. The molecule has 1 N–H and O–H groups in total. The maximum atomic E-state index is 12.8. The van der Waals surface area contributed by atoms with E-state index in [1.54, 1.807) is 12.1 Å². The highest BCUT2D eigenvalue weighted by Crippen LogP contribution is 2.39. The summed E-state index contributed by atoms with van der Waals surface area (Å²) in [5.41, 5.74) is 2.30. The predicted molar refractivity (Wildman–Crippen MR) is 106 cm³/mol. The molecule has 2 aromatic carbocycles. The second-order valence-corrected chi connectivity index (χ2v) is 7.82. The third-order valence-electron chi connectivity index (χ3n) is 6.14. The summed E-state index contributed by atoms with van der Waals surface area (Å²) in [5.74, 6) is -0.890. The summed E-state index contributed by atoms with van der Waals surface area (Å²) in [6.45, 7) is 0.569. The first kappa shape index (κ1) is 18.4. The number of amides is 3. The molecule has 0 atom stereocenters. The van der Waals surface area contributed by atoms with Gasteiger partial charge in [-0.05, 0) is 36.6 Å². The molecule has 5 heteroatoms. The molecule has 3 amide bonds. The zero-order chi connectivity index (χ0) is 19.7. The van der Waals surface area contributed by atoms with Crippen molar-refractivity contribution in [1.82, 2.24) is 10.2 Å². The number of carbonyl (C=O) groups is 3. The second-order valence-electron chi connectivity index (χ2n) is 7.82. The molecular formula is C23H24N2O3. The van der Waals surface area contributed by atoms with E-state index in [0.29, 0.717) is 23.2 Å². The van der Waals surface area contributed by atoms with Crippen LogP contribution in [0.25, 0.3) is 0 Å². The molecular weight excluding hydrogens is 352 g/mol. The molecule has 1 heterocycles. The van der Waals surface area contributed by atoms with Gasteiger partial charge >= 0.3 is 0 Å². The molecule has 144 valence electrons. The Morgan fingerprint density at radius 3 is 2.36 bits per heavy atom. The molecule has 0 bridgehead atoms. The Balaban J connectivity index is 1.54. The van der Waals surface area contributed by atoms with E-state index in [1.807, 2.05) is 18.2 Å². The summed E-state index contributed by atoms with van der Waals surface area (Å²) in [6, 6.07) is 15.1. The van der Waals surface area contributed by atoms with Gasteiger partial charge in [-0.2, -0.15) is 0 Å². The molecule has 0 saturated heterocycles. The molecule has 5 nitrogen and oxygen atoms in total. The van der Waals surface area contributed by atoms with E-state index >= 15 is 0 Å². The van der Waals surface area contributed by atoms with Crippen LogP contribution in [0.3, 0.4) is 0 Å². The summed E-state index contributed by atoms with van der Waals surface area (Å²) < 4.78 is 0. The van der Waals surface area contributed by atoms with Crippen LogP contribution in [-0.2, 0) is 5.41 Å². The molecule has 4 rings (SSSR count). The fourth-order valence-corrected chi connectivity index (χ4v) is 4.44. The first-order chi connectivity index (χ1) is 13.5. The van der Waals surface area contributed by atoms with Crippen LogP contribution in [0.4, 0.5) is 0 Å². The Morgan fingerprint density at radius 1 is 0.964 bits per heavy atom. The number of nitrogens with zero attached hydrogens (tertiary/aromatic N) is 1. The standard InChI is InChI=1S/C23H24N2O3/c1-25-21(27)18-11-10-16(14-19(18)22(25)28)20(26)24-15-23(12-6-3-7-13-23)17-8-4-2-5-9-17/h2,4-5,8-11,14H,3,6-7,12-13,15H2,1H3,(H,24,26). The van der Waals surface area contributed by atoms with Crippen molar-refractivity contribution in [1.29, 1.82) is 0 Å². The zero-order valence-electron chi connectivity index (χ0n) is 16.0. The molecule has 0 unspecified atom stereocenters. The molecule has 0 aromatic heterocycles. The third-order valence-corrected chi connectivity index (χ3v) is 6.14.